The quantitative estimate of drug-likeness (QED) is 0.106. The van der Waals surface area contributed by atoms with Crippen LogP contribution in [0.3, 0.4) is 0 Å². The van der Waals surface area contributed by atoms with Crippen molar-refractivity contribution in [1.29, 1.82) is 0 Å². The van der Waals surface area contributed by atoms with Gasteiger partial charge in [-0.1, -0.05) is 6.07 Å². The second kappa shape index (κ2) is 13.2. The van der Waals surface area contributed by atoms with Gasteiger partial charge in [-0.05, 0) is 54.1 Å². The molecule has 0 atom stereocenters. The minimum atomic E-state index is -4.79. The van der Waals surface area contributed by atoms with Gasteiger partial charge in [0.1, 0.15) is 41.9 Å². The molecule has 10 nitrogen and oxygen atoms in total. The molecule has 4 heterocycles. The molecule has 0 aliphatic heterocycles. The van der Waals surface area contributed by atoms with Crippen molar-refractivity contribution in [3.8, 4) is 40.3 Å². The van der Waals surface area contributed by atoms with E-state index in [0.29, 0.717) is 56.6 Å². The highest BCUT2D eigenvalue weighted by molar-refractivity contribution is 5.80. The molecule has 2 N–H and O–H groups in total. The van der Waals surface area contributed by atoms with Gasteiger partial charge in [-0.3, -0.25) is 0 Å². The number of imidazole rings is 2. The van der Waals surface area contributed by atoms with Crippen LogP contribution in [0.5, 0.6) is 17.2 Å². The van der Waals surface area contributed by atoms with Gasteiger partial charge in [-0.25, -0.2) is 19.9 Å². The summed E-state index contributed by atoms with van der Waals surface area (Å²) in [7, 11) is 0. The van der Waals surface area contributed by atoms with Crippen LogP contribution in [0, 0.1) is 0 Å². The van der Waals surface area contributed by atoms with E-state index >= 15 is 0 Å². The Bertz CT molecular complexity index is 1820. The predicted molar refractivity (Wildman–Crippen MR) is 157 cm³/mol. The number of alkyl halides is 6. The zero-order valence-corrected chi connectivity index (χ0v) is 24.2. The van der Waals surface area contributed by atoms with E-state index < -0.39 is 19.0 Å². The highest BCUT2D eigenvalue weighted by Gasteiger charge is 2.31. The van der Waals surface area contributed by atoms with E-state index in [9.17, 15) is 26.3 Å². The summed E-state index contributed by atoms with van der Waals surface area (Å²) in [5.41, 5.74) is 2.97. The monoisotopic (exact) mass is 658 g/mol. The minimum Gasteiger partial charge on any atom is -0.490 e. The number of benzene rings is 2. The summed E-state index contributed by atoms with van der Waals surface area (Å²) in [6, 6.07) is 14.9. The van der Waals surface area contributed by atoms with Gasteiger partial charge in [-0.2, -0.15) is 13.2 Å². The molecular formula is C31H24F6N6O4. The molecule has 6 aromatic rings. The Morgan fingerprint density at radius 2 is 1.13 bits per heavy atom. The van der Waals surface area contributed by atoms with Crippen molar-refractivity contribution in [2.45, 2.75) is 19.0 Å². The number of rotatable bonds is 12. The number of aromatic amines is 2. The lowest BCUT2D eigenvalue weighted by Gasteiger charge is -2.09. The van der Waals surface area contributed by atoms with Gasteiger partial charge in [0.15, 0.2) is 11.6 Å². The molecule has 0 aliphatic rings. The van der Waals surface area contributed by atoms with Gasteiger partial charge >= 0.3 is 12.5 Å². The van der Waals surface area contributed by atoms with Gasteiger partial charge in [0.2, 0.25) is 0 Å². The first-order chi connectivity index (χ1) is 22.5. The fourth-order valence-electron chi connectivity index (χ4n) is 4.58. The summed E-state index contributed by atoms with van der Waals surface area (Å²) < 4.78 is 96.4. The largest absolute Gasteiger partial charge is 0.573 e. The lowest BCUT2D eigenvalue weighted by Crippen LogP contribution is -2.16. The molecule has 0 aliphatic carbocycles. The highest BCUT2D eigenvalue weighted by atomic mass is 19.4. The molecule has 6 rings (SSSR count). The first-order valence-corrected chi connectivity index (χ1v) is 14.0. The molecule has 0 amide bonds. The molecule has 16 heteroatoms. The lowest BCUT2D eigenvalue weighted by atomic mass is 10.1. The summed E-state index contributed by atoms with van der Waals surface area (Å²) in [4.78, 5) is 23.3. The van der Waals surface area contributed by atoms with E-state index in [0.717, 1.165) is 0 Å². The van der Waals surface area contributed by atoms with Gasteiger partial charge < -0.3 is 28.9 Å². The molecule has 47 heavy (non-hydrogen) atoms. The number of aromatic nitrogens is 6. The molecule has 0 spiro atoms. The number of fused-ring (bicyclic) bond motifs is 2. The molecule has 4 aromatic heterocycles. The van der Waals surface area contributed by atoms with Crippen LogP contribution in [0.4, 0.5) is 26.3 Å². The van der Waals surface area contributed by atoms with Crippen molar-refractivity contribution in [2.75, 3.05) is 26.4 Å². The summed E-state index contributed by atoms with van der Waals surface area (Å²) >= 11 is 0. The van der Waals surface area contributed by atoms with Crippen LogP contribution in [-0.4, -0.2) is 68.9 Å². The number of ether oxygens (including phenoxy) is 4. The minimum absolute atomic E-state index is 0.142. The van der Waals surface area contributed by atoms with Gasteiger partial charge in [0.05, 0.1) is 54.1 Å². The zero-order valence-electron chi connectivity index (χ0n) is 24.2. The molecule has 244 valence electrons. The van der Waals surface area contributed by atoms with Crippen molar-refractivity contribution in [2.24, 2.45) is 0 Å². The van der Waals surface area contributed by atoms with E-state index in [1.165, 1.54) is 48.8 Å². The highest BCUT2D eigenvalue weighted by Crippen LogP contribution is 2.28. The second-order valence-electron chi connectivity index (χ2n) is 10.1. The number of halogens is 6. The van der Waals surface area contributed by atoms with Crippen LogP contribution >= 0.6 is 0 Å². The van der Waals surface area contributed by atoms with Crippen LogP contribution in [-0.2, 0) is 11.2 Å². The van der Waals surface area contributed by atoms with E-state index in [4.69, 9.17) is 14.2 Å². The van der Waals surface area contributed by atoms with Crippen molar-refractivity contribution < 1.29 is 45.3 Å². The second-order valence-corrected chi connectivity index (χ2v) is 10.1. The molecule has 0 radical (unpaired) electrons. The molecule has 2 aromatic carbocycles. The van der Waals surface area contributed by atoms with Crippen molar-refractivity contribution in [3.05, 3.63) is 78.6 Å². The van der Waals surface area contributed by atoms with Crippen molar-refractivity contribution in [1.82, 2.24) is 29.9 Å². The van der Waals surface area contributed by atoms with Crippen LogP contribution < -0.4 is 14.2 Å². The zero-order chi connectivity index (χ0) is 33.0. The van der Waals surface area contributed by atoms with Crippen LogP contribution in [0.25, 0.3) is 45.1 Å². The standard InChI is InChI=1S/C31H24F6N6O4/c32-30(33,34)15-18-1-5-22-26(13-18)42-28(40-22)24-7-3-20(16-38-24)45-11-9-44-10-12-46-21-4-8-25(39-17-21)29-41-23-6-2-19(14-27(23)43-29)47-31(35,36)37/h1-8,13-14,16-17H,9-12,15H2,(H,40,42)(H,41,43). The van der Waals surface area contributed by atoms with Crippen LogP contribution in [0.15, 0.2) is 73.1 Å². The van der Waals surface area contributed by atoms with E-state index in [1.807, 2.05) is 0 Å². The average Bonchev–Trinajstić information content (AvgIpc) is 3.63. The Hall–Kier alpha value is -5.38. The van der Waals surface area contributed by atoms with E-state index in [-0.39, 0.29) is 37.7 Å². The van der Waals surface area contributed by atoms with Gasteiger partial charge in [0.25, 0.3) is 0 Å². The topological polar surface area (TPSA) is 120 Å². The SMILES string of the molecule is FC(F)(F)Cc1ccc2nc(-c3ccc(OCCOCCOc4ccc(-c5nc6ccc(OC(F)(F)F)cc6[nH]5)nc4)cn3)[nH]c2c1. The number of hydrogen-bond acceptors (Lipinski definition) is 8. The fraction of sp³-hybridized carbons (Fsp3) is 0.226. The normalized spacial score (nSPS) is 12.1. The smallest absolute Gasteiger partial charge is 0.490 e. The Labute approximate surface area is 261 Å². The summed E-state index contributed by atoms with van der Waals surface area (Å²) in [6.07, 6.45) is -7.09. The lowest BCUT2D eigenvalue weighted by molar-refractivity contribution is -0.274. The third-order valence-electron chi connectivity index (χ3n) is 6.59. The average molecular weight is 659 g/mol. The maximum atomic E-state index is 12.7. The Balaban J connectivity index is 0.913. The summed E-state index contributed by atoms with van der Waals surface area (Å²) in [6.45, 7) is 1.07. The maximum Gasteiger partial charge on any atom is 0.573 e. The molecule has 0 unspecified atom stereocenters. The van der Waals surface area contributed by atoms with Gasteiger partial charge in [-0.15, -0.1) is 13.2 Å². The fourth-order valence-corrected chi connectivity index (χ4v) is 4.58. The first-order valence-electron chi connectivity index (χ1n) is 14.0. The van der Waals surface area contributed by atoms with E-state index in [1.54, 1.807) is 24.3 Å². The third kappa shape index (κ3) is 8.46. The van der Waals surface area contributed by atoms with Crippen molar-refractivity contribution >= 4 is 22.1 Å². The maximum absolute atomic E-state index is 12.7. The molecule has 0 fully saturated rings. The summed E-state index contributed by atoms with van der Waals surface area (Å²) in [5.74, 6) is 1.44. The third-order valence-corrected chi connectivity index (χ3v) is 6.59. The first kappa shape index (κ1) is 31.6. The number of nitrogens with one attached hydrogen (secondary N) is 2. The number of hydrogen-bond donors (Lipinski definition) is 2. The number of pyridine rings is 2. The number of H-pyrrole nitrogens is 2. The Morgan fingerprint density at radius 1 is 0.596 bits per heavy atom. The molecule has 0 saturated carbocycles. The Kier molecular flexibility index (Phi) is 8.84. The van der Waals surface area contributed by atoms with Crippen LogP contribution in [0.1, 0.15) is 5.56 Å². The van der Waals surface area contributed by atoms with E-state index in [2.05, 4.69) is 34.6 Å². The number of nitrogens with zero attached hydrogens (tertiary/aromatic N) is 4. The summed E-state index contributed by atoms with van der Waals surface area (Å²) in [5, 5.41) is 0. The van der Waals surface area contributed by atoms with Gasteiger partial charge in [0, 0.05) is 6.07 Å². The molecular weight excluding hydrogens is 634 g/mol. The predicted octanol–water partition coefficient (Wildman–Crippen LogP) is 7.04. The van der Waals surface area contributed by atoms with Crippen molar-refractivity contribution in [3.63, 3.8) is 0 Å². The molecule has 0 saturated heterocycles. The van der Waals surface area contributed by atoms with Crippen LogP contribution in [0.2, 0.25) is 0 Å². The molecule has 0 bridgehead atoms. The Morgan fingerprint density at radius 3 is 1.64 bits per heavy atom.